The number of hydrogen-bond acceptors (Lipinski definition) is 6. The van der Waals surface area contributed by atoms with Crippen molar-refractivity contribution >= 4 is 11.8 Å². The summed E-state index contributed by atoms with van der Waals surface area (Å²) >= 11 is 0. The van der Waals surface area contributed by atoms with Crippen LogP contribution in [0.25, 0.3) is 0 Å². The zero-order chi connectivity index (χ0) is 25.3. The minimum atomic E-state index is -0.483. The van der Waals surface area contributed by atoms with Crippen molar-refractivity contribution in [2.75, 3.05) is 33.4 Å². The van der Waals surface area contributed by atoms with Crippen molar-refractivity contribution in [1.29, 1.82) is 0 Å². The van der Waals surface area contributed by atoms with Crippen LogP contribution >= 0.6 is 0 Å². The molecule has 1 aliphatic heterocycles. The molecule has 8 nitrogen and oxygen atoms in total. The van der Waals surface area contributed by atoms with E-state index in [4.69, 9.17) is 10.5 Å². The molecule has 4 rings (SSSR count). The fourth-order valence-electron chi connectivity index (χ4n) is 6.32. The van der Waals surface area contributed by atoms with Crippen LogP contribution in [-0.2, 0) is 9.53 Å². The van der Waals surface area contributed by atoms with E-state index in [1.807, 2.05) is 0 Å². The summed E-state index contributed by atoms with van der Waals surface area (Å²) in [5.74, 6) is 0.578. The highest BCUT2D eigenvalue weighted by atomic mass is 16.5. The van der Waals surface area contributed by atoms with Gasteiger partial charge in [0.2, 0.25) is 5.91 Å². The molecule has 0 spiro atoms. The molecule has 1 aromatic rings. The molecule has 2 atom stereocenters. The van der Waals surface area contributed by atoms with Gasteiger partial charge >= 0.3 is 0 Å². The fraction of sp³-hybridized carbons (Fsp3) is 0.750. The number of nitrogens with zero attached hydrogens (tertiary/aromatic N) is 3. The molecule has 8 heteroatoms. The molecule has 3 N–H and O–H groups in total. The predicted octanol–water partition coefficient (Wildman–Crippen LogP) is 2.97. The summed E-state index contributed by atoms with van der Waals surface area (Å²) in [4.78, 5) is 35.6. The number of pyridine rings is 1. The monoisotopic (exact) mass is 499 g/mol. The summed E-state index contributed by atoms with van der Waals surface area (Å²) in [6.07, 6.45) is 15.0. The first-order valence-electron chi connectivity index (χ1n) is 14.0. The smallest absolute Gasteiger partial charge is 0.256 e. The summed E-state index contributed by atoms with van der Waals surface area (Å²) < 4.78 is 5.45. The third kappa shape index (κ3) is 7.26. The van der Waals surface area contributed by atoms with Crippen molar-refractivity contribution < 1.29 is 14.3 Å². The van der Waals surface area contributed by atoms with Crippen molar-refractivity contribution in [3.8, 4) is 0 Å². The average molecular weight is 500 g/mol. The first kappa shape index (κ1) is 27.0. The number of hydrogen-bond donors (Lipinski definition) is 2. The van der Waals surface area contributed by atoms with E-state index >= 15 is 0 Å². The van der Waals surface area contributed by atoms with Crippen LogP contribution in [0.2, 0.25) is 0 Å². The number of likely N-dealkylation sites (tertiary alicyclic amines) is 1. The highest BCUT2D eigenvalue weighted by Gasteiger charge is 2.39. The molecule has 2 saturated carbocycles. The summed E-state index contributed by atoms with van der Waals surface area (Å²) in [5, 5.41) is 3.28. The largest absolute Gasteiger partial charge is 0.383 e. The van der Waals surface area contributed by atoms with Gasteiger partial charge < -0.3 is 20.7 Å². The maximum atomic E-state index is 13.7. The van der Waals surface area contributed by atoms with Crippen LogP contribution in [0, 0.1) is 5.92 Å². The summed E-state index contributed by atoms with van der Waals surface area (Å²) in [7, 11) is 1.75. The van der Waals surface area contributed by atoms with Crippen LogP contribution in [0.5, 0.6) is 0 Å². The van der Waals surface area contributed by atoms with E-state index in [1.165, 1.54) is 32.1 Å². The van der Waals surface area contributed by atoms with Gasteiger partial charge in [-0.1, -0.05) is 19.3 Å². The number of methoxy groups -OCH3 is 1. The van der Waals surface area contributed by atoms with Gasteiger partial charge in [0.1, 0.15) is 6.04 Å². The van der Waals surface area contributed by atoms with Gasteiger partial charge in [-0.05, 0) is 69.4 Å². The van der Waals surface area contributed by atoms with Gasteiger partial charge in [0, 0.05) is 57.3 Å². The molecule has 1 unspecified atom stereocenters. The van der Waals surface area contributed by atoms with E-state index in [0.717, 1.165) is 45.2 Å². The Bertz CT molecular complexity index is 824. The molecular weight excluding hydrogens is 454 g/mol. The van der Waals surface area contributed by atoms with E-state index in [0.29, 0.717) is 31.1 Å². The van der Waals surface area contributed by atoms with Crippen LogP contribution in [0.4, 0.5) is 0 Å². The molecule has 0 bridgehead atoms. The molecule has 2 amide bonds. The number of piperidine rings is 1. The molecule has 2 heterocycles. The minimum Gasteiger partial charge on any atom is -0.383 e. The molecule has 3 fully saturated rings. The summed E-state index contributed by atoms with van der Waals surface area (Å²) in [5.41, 5.74) is 6.62. The van der Waals surface area contributed by atoms with Crippen molar-refractivity contribution in [2.45, 2.75) is 94.8 Å². The Hall–Kier alpha value is -2.03. The van der Waals surface area contributed by atoms with Crippen LogP contribution in [0.3, 0.4) is 0 Å². The minimum absolute atomic E-state index is 0.0261. The quantitative estimate of drug-likeness (QED) is 0.542. The molecule has 200 valence electrons. The number of nitrogens with two attached hydrogens (primary N) is 1. The number of amides is 2. The molecular formula is C28H45N5O3. The Morgan fingerprint density at radius 2 is 1.92 bits per heavy atom. The highest BCUT2D eigenvalue weighted by molar-refractivity contribution is 5.97. The second kappa shape index (κ2) is 13.5. The third-order valence-electron chi connectivity index (χ3n) is 8.48. The third-order valence-corrected chi connectivity index (χ3v) is 8.48. The number of carbonyl (C=O) groups is 2. The lowest BCUT2D eigenvalue weighted by atomic mass is 9.87. The van der Waals surface area contributed by atoms with E-state index in [9.17, 15) is 9.59 Å². The molecule has 0 radical (unpaired) electrons. The summed E-state index contributed by atoms with van der Waals surface area (Å²) in [6, 6.07) is 3.71. The maximum absolute atomic E-state index is 13.7. The maximum Gasteiger partial charge on any atom is 0.256 e. The Labute approximate surface area is 216 Å². The van der Waals surface area contributed by atoms with E-state index in [-0.39, 0.29) is 29.9 Å². The lowest BCUT2D eigenvalue weighted by molar-refractivity contribution is -0.128. The molecule has 0 aromatic carbocycles. The van der Waals surface area contributed by atoms with Crippen molar-refractivity contribution in [2.24, 2.45) is 11.7 Å². The van der Waals surface area contributed by atoms with Gasteiger partial charge in [0.25, 0.3) is 5.91 Å². The highest BCUT2D eigenvalue weighted by Crippen LogP contribution is 2.29. The van der Waals surface area contributed by atoms with E-state index < -0.39 is 6.04 Å². The SMILES string of the molecule is COCCN(CC1CCCCC1)C1CCN(C(=O)c2cccnc2)[C@@H](C(=O)NC2CCC(N)CC2)C1. The normalized spacial score (nSPS) is 27.7. The van der Waals surface area contributed by atoms with Gasteiger partial charge in [-0.25, -0.2) is 0 Å². The predicted molar refractivity (Wildman–Crippen MR) is 140 cm³/mol. The summed E-state index contributed by atoms with van der Waals surface area (Å²) in [6.45, 7) is 3.17. The van der Waals surface area contributed by atoms with Crippen molar-refractivity contribution in [3.05, 3.63) is 30.1 Å². The fourth-order valence-corrected chi connectivity index (χ4v) is 6.32. The number of nitrogens with one attached hydrogen (secondary N) is 1. The first-order chi connectivity index (χ1) is 17.5. The van der Waals surface area contributed by atoms with Crippen LogP contribution in [-0.4, -0.2) is 84.1 Å². The van der Waals surface area contributed by atoms with Gasteiger partial charge in [-0.2, -0.15) is 0 Å². The Morgan fingerprint density at radius 3 is 2.61 bits per heavy atom. The Kier molecular flexibility index (Phi) is 10.1. The molecule has 2 aliphatic carbocycles. The topological polar surface area (TPSA) is 101 Å². The molecule has 36 heavy (non-hydrogen) atoms. The molecule has 3 aliphatic rings. The van der Waals surface area contributed by atoms with E-state index in [1.54, 1.807) is 36.5 Å². The van der Waals surface area contributed by atoms with Crippen LogP contribution in [0.15, 0.2) is 24.5 Å². The zero-order valence-corrected chi connectivity index (χ0v) is 21.9. The van der Waals surface area contributed by atoms with Gasteiger partial charge in [-0.3, -0.25) is 19.5 Å². The average Bonchev–Trinajstić information content (AvgIpc) is 2.92. The number of rotatable bonds is 9. The first-order valence-corrected chi connectivity index (χ1v) is 14.0. The van der Waals surface area contributed by atoms with Crippen LogP contribution < -0.4 is 11.1 Å². The van der Waals surface area contributed by atoms with Gasteiger partial charge in [0.15, 0.2) is 0 Å². The second-order valence-corrected chi connectivity index (χ2v) is 11.0. The number of ether oxygens (including phenoxy) is 1. The number of aromatic nitrogens is 1. The van der Waals surface area contributed by atoms with E-state index in [2.05, 4.69) is 15.2 Å². The van der Waals surface area contributed by atoms with Gasteiger partial charge in [0.05, 0.1) is 12.2 Å². The van der Waals surface area contributed by atoms with Crippen LogP contribution in [0.1, 0.15) is 81.0 Å². The van der Waals surface area contributed by atoms with Crippen molar-refractivity contribution in [3.63, 3.8) is 0 Å². The van der Waals surface area contributed by atoms with Gasteiger partial charge in [-0.15, -0.1) is 0 Å². The Balaban J connectivity index is 1.49. The lowest BCUT2D eigenvalue weighted by Gasteiger charge is -2.44. The Morgan fingerprint density at radius 1 is 1.14 bits per heavy atom. The molecule has 1 aromatic heterocycles. The van der Waals surface area contributed by atoms with Crippen molar-refractivity contribution in [1.82, 2.24) is 20.1 Å². The molecule has 1 saturated heterocycles. The number of carbonyl (C=O) groups excluding carboxylic acids is 2. The zero-order valence-electron chi connectivity index (χ0n) is 21.9. The second-order valence-electron chi connectivity index (χ2n) is 11.0. The lowest BCUT2D eigenvalue weighted by Crippen LogP contribution is -2.59. The standard InChI is InChI=1S/C28H45N5O3/c1-36-17-16-32(20-21-6-3-2-4-7-21)25-13-15-33(28(35)22-8-5-14-30-19-22)26(18-25)27(34)31-24-11-9-23(29)10-12-24/h5,8,14,19,21,23-26H,2-4,6-7,9-13,15-18,20,29H2,1H3,(H,31,34)/t23?,24?,25?,26-/m1/s1.